The van der Waals surface area contributed by atoms with E-state index in [1.807, 2.05) is 30.3 Å². The fraction of sp³-hybridized carbons (Fsp3) is 0.462. The third-order valence-corrected chi connectivity index (χ3v) is 7.57. The lowest BCUT2D eigenvalue weighted by Gasteiger charge is -2.46. The molecule has 0 spiro atoms. The summed E-state index contributed by atoms with van der Waals surface area (Å²) in [7, 11) is 0. The molecule has 0 unspecified atom stereocenters. The van der Waals surface area contributed by atoms with Crippen LogP contribution in [0.3, 0.4) is 0 Å². The maximum absolute atomic E-state index is 13.4. The SMILES string of the molecule is C[C@@H](OC[C@]1(c2ccccc2)CC[C@@](CO)(n2cn[nH]c2=O)CC1)c1cc(C(F)(F)F)cc(C(F)(F)F)c1. The van der Waals surface area contributed by atoms with E-state index in [2.05, 4.69) is 10.2 Å². The van der Waals surface area contributed by atoms with Gasteiger partial charge < -0.3 is 9.84 Å². The van der Waals surface area contributed by atoms with Crippen molar-refractivity contribution in [2.45, 2.75) is 62.0 Å². The molecule has 206 valence electrons. The van der Waals surface area contributed by atoms with Gasteiger partial charge in [0.1, 0.15) is 6.33 Å². The van der Waals surface area contributed by atoms with Crippen molar-refractivity contribution in [3.63, 3.8) is 0 Å². The Labute approximate surface area is 214 Å². The Bertz CT molecular complexity index is 1260. The normalized spacial score (nSPS) is 23.4. The molecule has 1 aliphatic rings. The third kappa shape index (κ3) is 5.51. The maximum Gasteiger partial charge on any atom is 0.416 e. The quantitative estimate of drug-likeness (QED) is 0.381. The van der Waals surface area contributed by atoms with Gasteiger partial charge in [-0.15, -0.1) is 0 Å². The van der Waals surface area contributed by atoms with E-state index in [0.717, 1.165) is 5.56 Å². The third-order valence-electron chi connectivity index (χ3n) is 7.57. The van der Waals surface area contributed by atoms with Crippen LogP contribution in [0.4, 0.5) is 26.3 Å². The number of hydrogen-bond acceptors (Lipinski definition) is 4. The highest BCUT2D eigenvalue weighted by Gasteiger charge is 2.46. The van der Waals surface area contributed by atoms with Gasteiger partial charge in [0, 0.05) is 5.41 Å². The first-order valence-corrected chi connectivity index (χ1v) is 12.0. The molecule has 1 heterocycles. The average Bonchev–Trinajstić information content (AvgIpc) is 3.33. The second kappa shape index (κ2) is 10.2. The lowest BCUT2D eigenvalue weighted by atomic mass is 9.64. The Morgan fingerprint density at radius 3 is 2.05 bits per heavy atom. The first-order valence-electron chi connectivity index (χ1n) is 12.0. The van der Waals surface area contributed by atoms with Crippen molar-refractivity contribution >= 4 is 0 Å². The standard InChI is InChI=1S/C26H27F6N3O3/c1-17(18-11-20(25(27,28)29)13-21(12-18)26(30,31)32)38-15-23(19-5-3-2-4-6-19)7-9-24(14-36,10-8-23)35-16-33-34-22(35)37/h2-6,11-13,16-17,36H,7-10,14-15H2,1H3,(H,34,37)/t17-,23-,24+/m1/s1. The topological polar surface area (TPSA) is 80.1 Å². The molecular weight excluding hydrogens is 516 g/mol. The number of aliphatic hydroxyl groups is 1. The highest BCUT2D eigenvalue weighted by Crippen LogP contribution is 2.47. The zero-order chi connectivity index (χ0) is 27.8. The van der Waals surface area contributed by atoms with Gasteiger partial charge in [-0.1, -0.05) is 30.3 Å². The van der Waals surface area contributed by atoms with Crippen LogP contribution >= 0.6 is 0 Å². The number of alkyl halides is 6. The number of nitrogens with zero attached hydrogens (tertiary/aromatic N) is 2. The number of nitrogens with one attached hydrogen (secondary N) is 1. The lowest BCUT2D eigenvalue weighted by molar-refractivity contribution is -0.143. The van der Waals surface area contributed by atoms with E-state index in [1.165, 1.54) is 17.8 Å². The van der Waals surface area contributed by atoms with Crippen molar-refractivity contribution in [1.82, 2.24) is 14.8 Å². The highest BCUT2D eigenvalue weighted by molar-refractivity contribution is 5.35. The zero-order valence-corrected chi connectivity index (χ0v) is 20.4. The molecule has 0 bridgehead atoms. The van der Waals surface area contributed by atoms with Crippen LogP contribution in [0, 0.1) is 0 Å². The number of benzene rings is 2. The van der Waals surface area contributed by atoms with Gasteiger partial charge in [-0.3, -0.25) is 4.57 Å². The van der Waals surface area contributed by atoms with E-state index < -0.39 is 46.2 Å². The monoisotopic (exact) mass is 543 g/mol. The lowest BCUT2D eigenvalue weighted by Crippen LogP contribution is -2.50. The van der Waals surface area contributed by atoms with Gasteiger partial charge in [0.05, 0.1) is 36.0 Å². The fourth-order valence-corrected chi connectivity index (χ4v) is 5.16. The summed E-state index contributed by atoms with van der Waals surface area (Å²) in [6.07, 6.45) is -8.02. The Kier molecular flexibility index (Phi) is 7.50. The van der Waals surface area contributed by atoms with E-state index in [-0.39, 0.29) is 24.8 Å². The molecule has 6 nitrogen and oxygen atoms in total. The number of ether oxygens (including phenoxy) is 1. The van der Waals surface area contributed by atoms with E-state index >= 15 is 0 Å². The molecule has 1 fully saturated rings. The molecule has 38 heavy (non-hydrogen) atoms. The van der Waals surface area contributed by atoms with Crippen LogP contribution in [0.1, 0.15) is 61.0 Å². The minimum Gasteiger partial charge on any atom is -0.394 e. The van der Waals surface area contributed by atoms with E-state index in [4.69, 9.17) is 4.74 Å². The number of halogens is 6. The summed E-state index contributed by atoms with van der Waals surface area (Å²) in [4.78, 5) is 12.2. The van der Waals surface area contributed by atoms with Crippen LogP contribution in [-0.4, -0.2) is 33.1 Å². The molecule has 1 aromatic heterocycles. The van der Waals surface area contributed by atoms with Crippen molar-refractivity contribution in [3.8, 4) is 0 Å². The Balaban J connectivity index is 1.62. The van der Waals surface area contributed by atoms with Gasteiger partial charge in [-0.25, -0.2) is 9.89 Å². The van der Waals surface area contributed by atoms with Crippen molar-refractivity contribution < 1.29 is 36.2 Å². The Morgan fingerprint density at radius 1 is 1.00 bits per heavy atom. The van der Waals surface area contributed by atoms with Gasteiger partial charge in [0.15, 0.2) is 0 Å². The van der Waals surface area contributed by atoms with Gasteiger partial charge in [-0.2, -0.15) is 31.4 Å². The first-order chi connectivity index (χ1) is 17.8. The van der Waals surface area contributed by atoms with Crippen molar-refractivity contribution in [2.75, 3.05) is 13.2 Å². The minimum absolute atomic E-state index is 0.0115. The Morgan fingerprint density at radius 2 is 1.58 bits per heavy atom. The smallest absolute Gasteiger partial charge is 0.394 e. The predicted octanol–water partition coefficient (Wildman–Crippen LogP) is 5.59. The summed E-state index contributed by atoms with van der Waals surface area (Å²) in [5, 5.41) is 16.3. The summed E-state index contributed by atoms with van der Waals surface area (Å²) in [6.45, 7) is 1.12. The first kappa shape index (κ1) is 27.9. The zero-order valence-electron chi connectivity index (χ0n) is 20.4. The van der Waals surface area contributed by atoms with E-state index in [9.17, 15) is 36.2 Å². The van der Waals surface area contributed by atoms with Crippen molar-refractivity contribution in [1.29, 1.82) is 0 Å². The molecule has 0 aliphatic heterocycles. The number of rotatable bonds is 7. The molecule has 2 N–H and O–H groups in total. The van der Waals surface area contributed by atoms with Crippen LogP contribution in [0.5, 0.6) is 0 Å². The molecule has 1 atom stereocenters. The summed E-state index contributed by atoms with van der Waals surface area (Å²) in [5.41, 5.74) is -4.13. The van der Waals surface area contributed by atoms with Crippen LogP contribution in [0.15, 0.2) is 59.7 Å². The number of hydrogen-bond donors (Lipinski definition) is 2. The molecule has 2 aromatic carbocycles. The minimum atomic E-state index is -4.96. The largest absolute Gasteiger partial charge is 0.416 e. The molecule has 3 aromatic rings. The number of H-pyrrole nitrogens is 1. The fourth-order valence-electron chi connectivity index (χ4n) is 5.16. The molecule has 4 rings (SSSR count). The molecule has 0 saturated heterocycles. The number of aromatic amines is 1. The Hall–Kier alpha value is -3.12. The molecule has 1 saturated carbocycles. The van der Waals surface area contributed by atoms with Crippen LogP contribution in [-0.2, 0) is 28.0 Å². The molecular formula is C26H27F6N3O3. The highest BCUT2D eigenvalue weighted by atomic mass is 19.4. The molecule has 12 heteroatoms. The number of aliphatic hydroxyl groups excluding tert-OH is 1. The van der Waals surface area contributed by atoms with E-state index in [1.54, 1.807) is 0 Å². The molecule has 0 radical (unpaired) electrons. The van der Waals surface area contributed by atoms with Gasteiger partial charge in [0.25, 0.3) is 0 Å². The van der Waals surface area contributed by atoms with Gasteiger partial charge >= 0.3 is 18.0 Å². The summed E-state index contributed by atoms with van der Waals surface area (Å²) >= 11 is 0. The summed E-state index contributed by atoms with van der Waals surface area (Å²) in [5.74, 6) is 0. The van der Waals surface area contributed by atoms with Crippen LogP contribution < -0.4 is 5.69 Å². The summed E-state index contributed by atoms with van der Waals surface area (Å²) in [6, 6.07) is 10.7. The average molecular weight is 544 g/mol. The molecule has 1 aliphatic carbocycles. The molecule has 0 amide bonds. The van der Waals surface area contributed by atoms with E-state index in [0.29, 0.717) is 37.8 Å². The second-order valence-electron chi connectivity index (χ2n) is 9.85. The maximum atomic E-state index is 13.4. The van der Waals surface area contributed by atoms with Crippen molar-refractivity contribution in [3.05, 3.63) is 87.6 Å². The van der Waals surface area contributed by atoms with Crippen LogP contribution in [0.25, 0.3) is 0 Å². The van der Waals surface area contributed by atoms with Crippen molar-refractivity contribution in [2.24, 2.45) is 0 Å². The number of aromatic nitrogens is 3. The predicted molar refractivity (Wildman–Crippen MR) is 125 cm³/mol. The summed E-state index contributed by atoms with van der Waals surface area (Å²) < 4.78 is 87.5. The second-order valence-corrected chi connectivity index (χ2v) is 9.85. The van der Waals surface area contributed by atoms with Gasteiger partial charge in [-0.05, 0) is 61.9 Å². The van der Waals surface area contributed by atoms with Gasteiger partial charge in [0.2, 0.25) is 0 Å². The van der Waals surface area contributed by atoms with Crippen LogP contribution in [0.2, 0.25) is 0 Å².